The molecule has 0 bridgehead atoms. The van der Waals surface area contributed by atoms with Gasteiger partial charge in [0.15, 0.2) is 5.76 Å². The molecule has 6 nitrogen and oxygen atoms in total. The van der Waals surface area contributed by atoms with E-state index in [2.05, 4.69) is 0 Å². The Morgan fingerprint density at radius 1 is 0.960 bits per heavy atom. The molecular weight excluding hydrogens is 320 g/mol. The lowest BCUT2D eigenvalue weighted by molar-refractivity contribution is -0.131. The first-order valence-corrected chi connectivity index (χ1v) is 8.52. The van der Waals surface area contributed by atoms with Crippen LogP contribution in [-0.2, 0) is 4.79 Å². The van der Waals surface area contributed by atoms with Gasteiger partial charge in [0.2, 0.25) is 5.91 Å². The Morgan fingerprint density at radius 2 is 1.72 bits per heavy atom. The lowest BCUT2D eigenvalue weighted by atomic mass is 10.3. The van der Waals surface area contributed by atoms with E-state index in [-0.39, 0.29) is 11.8 Å². The Labute approximate surface area is 147 Å². The van der Waals surface area contributed by atoms with Gasteiger partial charge in [0.05, 0.1) is 19.3 Å². The van der Waals surface area contributed by atoms with Crippen LogP contribution in [0.4, 0.5) is 0 Å². The number of carbonyl (C=O) groups excluding carboxylic acids is 2. The fourth-order valence-corrected chi connectivity index (χ4v) is 2.86. The number of ether oxygens (including phenoxy) is 1. The van der Waals surface area contributed by atoms with Crippen LogP contribution in [-0.4, -0.2) is 54.4 Å². The highest BCUT2D eigenvalue weighted by Gasteiger charge is 2.23. The first kappa shape index (κ1) is 17.1. The van der Waals surface area contributed by atoms with Crippen LogP contribution in [0, 0.1) is 0 Å². The molecule has 1 aliphatic rings. The molecule has 132 valence electrons. The van der Waals surface area contributed by atoms with E-state index >= 15 is 0 Å². The van der Waals surface area contributed by atoms with Gasteiger partial charge in [-0.05, 0) is 30.7 Å². The number of furan rings is 1. The van der Waals surface area contributed by atoms with E-state index in [1.165, 1.54) is 6.26 Å². The Balaban J connectivity index is 1.45. The Kier molecular flexibility index (Phi) is 5.72. The molecule has 0 atom stereocenters. The third kappa shape index (κ3) is 4.62. The maximum absolute atomic E-state index is 12.4. The average Bonchev–Trinajstić information content (AvgIpc) is 3.06. The van der Waals surface area contributed by atoms with Crippen molar-refractivity contribution in [2.24, 2.45) is 0 Å². The first-order valence-electron chi connectivity index (χ1n) is 8.52. The van der Waals surface area contributed by atoms with Gasteiger partial charge < -0.3 is 19.0 Å². The summed E-state index contributed by atoms with van der Waals surface area (Å²) in [6.07, 6.45) is 2.59. The van der Waals surface area contributed by atoms with Gasteiger partial charge in [-0.1, -0.05) is 18.2 Å². The van der Waals surface area contributed by atoms with Gasteiger partial charge in [-0.15, -0.1) is 0 Å². The number of hydrogen-bond acceptors (Lipinski definition) is 4. The molecule has 0 radical (unpaired) electrons. The summed E-state index contributed by atoms with van der Waals surface area (Å²) in [5.41, 5.74) is 0. The summed E-state index contributed by atoms with van der Waals surface area (Å²) in [7, 11) is 0. The lowest BCUT2D eigenvalue weighted by Crippen LogP contribution is -2.37. The molecular formula is C19H22N2O4. The number of carbonyl (C=O) groups is 2. The molecule has 1 fully saturated rings. The molecule has 1 aromatic heterocycles. The van der Waals surface area contributed by atoms with Crippen LogP contribution in [0.25, 0.3) is 0 Å². The summed E-state index contributed by atoms with van der Waals surface area (Å²) in [5.74, 6) is 1.05. The Hall–Kier alpha value is -2.76. The molecule has 6 heteroatoms. The van der Waals surface area contributed by atoms with Crippen molar-refractivity contribution in [3.8, 4) is 5.75 Å². The molecule has 0 saturated carbocycles. The quantitative estimate of drug-likeness (QED) is 0.837. The molecule has 3 rings (SSSR count). The van der Waals surface area contributed by atoms with Crippen molar-refractivity contribution >= 4 is 11.8 Å². The number of para-hydroxylation sites is 1. The van der Waals surface area contributed by atoms with Crippen molar-refractivity contribution in [1.29, 1.82) is 0 Å². The van der Waals surface area contributed by atoms with Crippen molar-refractivity contribution in [2.45, 2.75) is 12.8 Å². The third-order valence-corrected chi connectivity index (χ3v) is 4.20. The summed E-state index contributed by atoms with van der Waals surface area (Å²) in [4.78, 5) is 28.2. The number of amides is 2. The van der Waals surface area contributed by atoms with Gasteiger partial charge in [0.1, 0.15) is 5.75 Å². The van der Waals surface area contributed by atoms with Gasteiger partial charge in [-0.2, -0.15) is 0 Å². The molecule has 1 aliphatic heterocycles. The highest BCUT2D eigenvalue weighted by molar-refractivity contribution is 5.91. The Bertz CT molecular complexity index is 685. The van der Waals surface area contributed by atoms with Crippen molar-refractivity contribution in [2.75, 3.05) is 32.8 Å². The predicted molar refractivity (Wildman–Crippen MR) is 92.4 cm³/mol. The smallest absolute Gasteiger partial charge is 0.289 e. The zero-order valence-corrected chi connectivity index (χ0v) is 14.1. The SMILES string of the molecule is O=C(CCOc1ccccc1)N1CCCN(C(=O)c2ccco2)CC1. The molecule has 25 heavy (non-hydrogen) atoms. The van der Waals surface area contributed by atoms with E-state index in [0.717, 1.165) is 12.2 Å². The maximum atomic E-state index is 12.4. The van der Waals surface area contributed by atoms with Crippen LogP contribution >= 0.6 is 0 Å². The van der Waals surface area contributed by atoms with Gasteiger partial charge in [-0.25, -0.2) is 0 Å². The van der Waals surface area contributed by atoms with Gasteiger partial charge in [0.25, 0.3) is 5.91 Å². The Morgan fingerprint density at radius 3 is 2.48 bits per heavy atom. The van der Waals surface area contributed by atoms with Crippen molar-refractivity contribution in [3.05, 3.63) is 54.5 Å². The molecule has 2 aromatic rings. The number of benzene rings is 1. The molecule has 2 amide bonds. The van der Waals surface area contributed by atoms with Crippen LogP contribution in [0.1, 0.15) is 23.4 Å². The minimum Gasteiger partial charge on any atom is -0.493 e. The molecule has 1 aromatic carbocycles. The highest BCUT2D eigenvalue weighted by atomic mass is 16.5. The molecule has 1 saturated heterocycles. The van der Waals surface area contributed by atoms with Gasteiger partial charge >= 0.3 is 0 Å². The van der Waals surface area contributed by atoms with Crippen LogP contribution < -0.4 is 4.74 Å². The van der Waals surface area contributed by atoms with Crippen molar-refractivity contribution < 1.29 is 18.7 Å². The monoisotopic (exact) mass is 342 g/mol. The highest BCUT2D eigenvalue weighted by Crippen LogP contribution is 2.12. The lowest BCUT2D eigenvalue weighted by Gasteiger charge is -2.21. The van der Waals surface area contributed by atoms with E-state index < -0.39 is 0 Å². The summed E-state index contributed by atoms with van der Waals surface area (Å²) >= 11 is 0. The van der Waals surface area contributed by atoms with Gasteiger partial charge in [-0.3, -0.25) is 9.59 Å². The third-order valence-electron chi connectivity index (χ3n) is 4.20. The number of rotatable bonds is 5. The fourth-order valence-electron chi connectivity index (χ4n) is 2.86. The molecule has 0 aliphatic carbocycles. The second kappa shape index (κ2) is 8.37. The second-order valence-corrected chi connectivity index (χ2v) is 5.92. The minimum absolute atomic E-state index is 0.0585. The molecule has 0 unspecified atom stereocenters. The standard InChI is InChI=1S/C19H22N2O4/c22-18(9-15-24-16-6-2-1-3-7-16)20-10-5-11-21(13-12-20)19(23)17-8-4-14-25-17/h1-4,6-8,14H,5,9-13,15H2. The van der Waals surface area contributed by atoms with E-state index in [1.807, 2.05) is 35.2 Å². The topological polar surface area (TPSA) is 63.0 Å². The van der Waals surface area contributed by atoms with Gasteiger partial charge in [0, 0.05) is 26.2 Å². The largest absolute Gasteiger partial charge is 0.493 e. The zero-order chi connectivity index (χ0) is 17.5. The normalized spacial score (nSPS) is 14.9. The summed E-state index contributed by atoms with van der Waals surface area (Å²) in [6, 6.07) is 12.8. The molecule has 0 spiro atoms. The minimum atomic E-state index is -0.119. The average molecular weight is 342 g/mol. The van der Waals surface area contributed by atoms with Crippen LogP contribution in [0.5, 0.6) is 5.75 Å². The van der Waals surface area contributed by atoms with Crippen LogP contribution in [0.3, 0.4) is 0 Å². The van der Waals surface area contributed by atoms with Crippen molar-refractivity contribution in [3.63, 3.8) is 0 Å². The van der Waals surface area contributed by atoms with E-state index in [4.69, 9.17) is 9.15 Å². The molecule has 2 heterocycles. The summed E-state index contributed by atoms with van der Waals surface area (Å²) in [6.45, 7) is 2.70. The summed E-state index contributed by atoms with van der Waals surface area (Å²) < 4.78 is 10.8. The maximum Gasteiger partial charge on any atom is 0.289 e. The second-order valence-electron chi connectivity index (χ2n) is 5.92. The van der Waals surface area contributed by atoms with Crippen molar-refractivity contribution in [1.82, 2.24) is 9.80 Å². The number of hydrogen-bond donors (Lipinski definition) is 0. The number of nitrogens with zero attached hydrogens (tertiary/aromatic N) is 2. The summed E-state index contributed by atoms with van der Waals surface area (Å²) in [5, 5.41) is 0. The first-order chi connectivity index (χ1) is 12.2. The van der Waals surface area contributed by atoms with Crippen LogP contribution in [0.15, 0.2) is 53.1 Å². The van der Waals surface area contributed by atoms with E-state index in [9.17, 15) is 9.59 Å². The van der Waals surface area contributed by atoms with Crippen LogP contribution in [0.2, 0.25) is 0 Å². The van der Waals surface area contributed by atoms with E-state index in [0.29, 0.717) is 45.0 Å². The fraction of sp³-hybridized carbons (Fsp3) is 0.368. The molecule has 0 N–H and O–H groups in total. The van der Waals surface area contributed by atoms with E-state index in [1.54, 1.807) is 17.0 Å². The zero-order valence-electron chi connectivity index (χ0n) is 14.1. The predicted octanol–water partition coefficient (Wildman–Crippen LogP) is 2.42.